The highest BCUT2D eigenvalue weighted by atomic mass is 32.1. The third kappa shape index (κ3) is 3.85. The normalized spacial score (nSPS) is 17.7. The second-order valence-electron chi connectivity index (χ2n) is 6.44. The van der Waals surface area contributed by atoms with Gasteiger partial charge < -0.3 is 14.2 Å². The molecule has 7 heteroatoms. The number of aryl methyl sites for hydroxylation is 1. The van der Waals surface area contributed by atoms with Gasteiger partial charge in [-0.25, -0.2) is 4.98 Å². The molecule has 1 aliphatic rings. The molecule has 0 radical (unpaired) electrons. The molecule has 0 bridgehead atoms. The van der Waals surface area contributed by atoms with Crippen molar-refractivity contribution in [3.05, 3.63) is 40.1 Å². The number of aromatic nitrogens is 2. The molecule has 0 saturated carbocycles. The van der Waals surface area contributed by atoms with E-state index < -0.39 is 0 Å². The molecule has 6 nitrogen and oxygen atoms in total. The van der Waals surface area contributed by atoms with Crippen molar-refractivity contribution in [3.63, 3.8) is 0 Å². The van der Waals surface area contributed by atoms with Crippen molar-refractivity contribution < 1.29 is 9.53 Å². The highest BCUT2D eigenvalue weighted by Crippen LogP contribution is 2.29. The van der Waals surface area contributed by atoms with Gasteiger partial charge in [-0.15, -0.1) is 11.3 Å². The van der Waals surface area contributed by atoms with Crippen molar-refractivity contribution in [2.45, 2.75) is 19.0 Å². The lowest BCUT2D eigenvalue weighted by Crippen LogP contribution is -2.36. The predicted molar refractivity (Wildman–Crippen MR) is 93.9 cm³/mol. The number of ether oxygens (including phenoxy) is 1. The Balaban J connectivity index is 1.66. The molecule has 0 aliphatic carbocycles. The second-order valence-corrected chi connectivity index (χ2v) is 7.47. The fourth-order valence-corrected chi connectivity index (χ4v) is 3.85. The minimum absolute atomic E-state index is 0.00789. The van der Waals surface area contributed by atoms with Crippen LogP contribution in [0.3, 0.4) is 0 Å². The van der Waals surface area contributed by atoms with E-state index in [0.29, 0.717) is 6.61 Å². The molecule has 0 aromatic carbocycles. The minimum Gasteiger partial charge on any atom is -0.371 e. The maximum atomic E-state index is 11.7. The number of imidazole rings is 1. The van der Waals surface area contributed by atoms with Gasteiger partial charge in [-0.2, -0.15) is 0 Å². The molecule has 0 fully saturated rings. The Kier molecular flexibility index (Phi) is 5.33. The van der Waals surface area contributed by atoms with Gasteiger partial charge in [0.25, 0.3) is 0 Å². The summed E-state index contributed by atoms with van der Waals surface area (Å²) in [5, 5.41) is 2.11. The third-order valence-electron chi connectivity index (χ3n) is 4.30. The zero-order chi connectivity index (χ0) is 17.1. The maximum Gasteiger partial charge on any atom is 0.248 e. The molecule has 0 spiro atoms. The highest BCUT2D eigenvalue weighted by Gasteiger charge is 2.29. The van der Waals surface area contributed by atoms with Crippen LogP contribution >= 0.6 is 11.3 Å². The molecule has 130 valence electrons. The SMILES string of the molecule is CN(C)C(=O)COCC1CN(Cc2cccs2)Cc2ncn(C)c21. The van der Waals surface area contributed by atoms with E-state index in [0.717, 1.165) is 25.3 Å². The van der Waals surface area contributed by atoms with E-state index in [-0.39, 0.29) is 18.4 Å². The first-order valence-corrected chi connectivity index (χ1v) is 8.95. The summed E-state index contributed by atoms with van der Waals surface area (Å²) in [4.78, 5) is 21.6. The van der Waals surface area contributed by atoms with Crippen molar-refractivity contribution >= 4 is 17.2 Å². The number of hydrogen-bond acceptors (Lipinski definition) is 5. The molecule has 24 heavy (non-hydrogen) atoms. The van der Waals surface area contributed by atoms with Crippen LogP contribution in [0.2, 0.25) is 0 Å². The van der Waals surface area contributed by atoms with Crippen molar-refractivity contribution in [3.8, 4) is 0 Å². The summed E-state index contributed by atoms with van der Waals surface area (Å²) in [5.41, 5.74) is 2.35. The zero-order valence-corrected chi connectivity index (χ0v) is 15.3. The number of fused-ring (bicyclic) bond motifs is 1. The minimum atomic E-state index is -0.00789. The van der Waals surface area contributed by atoms with Gasteiger partial charge in [0, 0.05) is 57.3 Å². The molecule has 1 amide bonds. The Morgan fingerprint density at radius 2 is 2.33 bits per heavy atom. The molecule has 1 aliphatic heterocycles. The van der Waals surface area contributed by atoms with E-state index in [1.54, 1.807) is 30.3 Å². The molecular weight excluding hydrogens is 324 g/mol. The van der Waals surface area contributed by atoms with E-state index >= 15 is 0 Å². The number of amides is 1. The first kappa shape index (κ1) is 17.1. The van der Waals surface area contributed by atoms with Gasteiger partial charge in [-0.1, -0.05) is 6.07 Å². The van der Waals surface area contributed by atoms with Gasteiger partial charge in [-0.3, -0.25) is 9.69 Å². The van der Waals surface area contributed by atoms with Crippen molar-refractivity contribution in [1.29, 1.82) is 0 Å². The van der Waals surface area contributed by atoms with Crippen LogP contribution in [0.1, 0.15) is 22.2 Å². The molecular formula is C17H24N4O2S. The van der Waals surface area contributed by atoms with Crippen LogP contribution in [0, 0.1) is 0 Å². The van der Waals surface area contributed by atoms with Crippen LogP contribution in [0.5, 0.6) is 0 Å². The van der Waals surface area contributed by atoms with Crippen molar-refractivity contribution in [1.82, 2.24) is 19.4 Å². The second kappa shape index (κ2) is 7.46. The molecule has 2 aromatic heterocycles. The number of carbonyl (C=O) groups is 1. The average Bonchev–Trinajstić information content (AvgIpc) is 3.17. The van der Waals surface area contributed by atoms with Crippen LogP contribution in [0.25, 0.3) is 0 Å². The number of hydrogen-bond donors (Lipinski definition) is 0. The molecule has 0 N–H and O–H groups in total. The van der Waals surface area contributed by atoms with E-state index in [4.69, 9.17) is 4.74 Å². The molecule has 1 unspecified atom stereocenters. The average molecular weight is 348 g/mol. The van der Waals surface area contributed by atoms with Crippen LogP contribution < -0.4 is 0 Å². The van der Waals surface area contributed by atoms with Crippen LogP contribution in [-0.2, 0) is 29.7 Å². The Bertz CT molecular complexity index is 681. The van der Waals surface area contributed by atoms with E-state index in [9.17, 15) is 4.79 Å². The zero-order valence-electron chi connectivity index (χ0n) is 14.4. The van der Waals surface area contributed by atoms with Crippen molar-refractivity contribution in [2.24, 2.45) is 7.05 Å². The van der Waals surface area contributed by atoms with E-state index in [2.05, 4.69) is 32.0 Å². The molecule has 2 aromatic rings. The summed E-state index contributed by atoms with van der Waals surface area (Å²) < 4.78 is 7.79. The highest BCUT2D eigenvalue weighted by molar-refractivity contribution is 7.09. The lowest BCUT2D eigenvalue weighted by molar-refractivity contribution is -0.133. The third-order valence-corrected chi connectivity index (χ3v) is 5.17. The fraction of sp³-hybridized carbons (Fsp3) is 0.529. The lowest BCUT2D eigenvalue weighted by Gasteiger charge is -2.32. The van der Waals surface area contributed by atoms with Crippen LogP contribution in [-0.4, -0.2) is 59.1 Å². The summed E-state index contributed by atoms with van der Waals surface area (Å²) in [7, 11) is 5.52. The number of rotatable bonds is 6. The van der Waals surface area contributed by atoms with Gasteiger partial charge in [0.05, 0.1) is 18.6 Å². The van der Waals surface area contributed by atoms with E-state index in [1.807, 2.05) is 13.4 Å². The van der Waals surface area contributed by atoms with Crippen molar-refractivity contribution in [2.75, 3.05) is 33.9 Å². The Morgan fingerprint density at radius 1 is 1.50 bits per heavy atom. The van der Waals surface area contributed by atoms with E-state index in [1.165, 1.54) is 10.6 Å². The summed E-state index contributed by atoms with van der Waals surface area (Å²) in [6.45, 7) is 3.37. The first-order valence-electron chi connectivity index (χ1n) is 8.07. The van der Waals surface area contributed by atoms with Gasteiger partial charge in [0.1, 0.15) is 6.61 Å². The fourth-order valence-electron chi connectivity index (χ4n) is 3.10. The van der Waals surface area contributed by atoms with Gasteiger partial charge >= 0.3 is 0 Å². The van der Waals surface area contributed by atoms with Crippen LogP contribution in [0.15, 0.2) is 23.8 Å². The summed E-state index contributed by atoms with van der Waals surface area (Å²) in [6, 6.07) is 4.25. The number of nitrogens with zero attached hydrogens (tertiary/aromatic N) is 4. The Hall–Kier alpha value is -1.70. The first-order chi connectivity index (χ1) is 11.5. The Morgan fingerprint density at radius 3 is 3.04 bits per heavy atom. The molecule has 3 heterocycles. The summed E-state index contributed by atoms with van der Waals surface area (Å²) in [5.74, 6) is 0.225. The molecule has 3 rings (SSSR count). The number of likely N-dealkylation sites (N-methyl/N-ethyl adjacent to an activating group) is 1. The van der Waals surface area contributed by atoms with Gasteiger partial charge in [-0.05, 0) is 11.4 Å². The van der Waals surface area contributed by atoms with Crippen LogP contribution in [0.4, 0.5) is 0 Å². The number of thiophene rings is 1. The topological polar surface area (TPSA) is 50.6 Å². The standard InChI is InChI=1S/C17H24N4O2S/c1-19(2)16(22)11-23-10-13-7-21(8-14-5-4-6-24-14)9-15-17(13)20(3)12-18-15/h4-6,12-13H,7-11H2,1-3H3. The largest absolute Gasteiger partial charge is 0.371 e. The maximum absolute atomic E-state index is 11.7. The predicted octanol–water partition coefficient (Wildman–Crippen LogP) is 1.69. The number of carbonyl (C=O) groups excluding carboxylic acids is 1. The monoisotopic (exact) mass is 348 g/mol. The Labute approximate surface area is 146 Å². The summed E-state index contributed by atoms with van der Waals surface area (Å²) >= 11 is 1.78. The summed E-state index contributed by atoms with van der Waals surface area (Å²) in [6.07, 6.45) is 1.87. The lowest BCUT2D eigenvalue weighted by atomic mass is 9.99. The molecule has 0 saturated heterocycles. The quantitative estimate of drug-likeness (QED) is 0.797. The van der Waals surface area contributed by atoms with Gasteiger partial charge in [0.2, 0.25) is 5.91 Å². The van der Waals surface area contributed by atoms with Gasteiger partial charge in [0.15, 0.2) is 0 Å². The molecule has 1 atom stereocenters. The smallest absolute Gasteiger partial charge is 0.248 e.